The van der Waals surface area contributed by atoms with Crippen LogP contribution in [0.5, 0.6) is 0 Å². The molecule has 8 heteroatoms. The van der Waals surface area contributed by atoms with Crippen molar-refractivity contribution < 1.29 is 14.3 Å². The van der Waals surface area contributed by atoms with Crippen LogP contribution in [-0.2, 0) is 9.53 Å². The van der Waals surface area contributed by atoms with Crippen LogP contribution in [0.1, 0.15) is 36.5 Å². The van der Waals surface area contributed by atoms with Crippen LogP contribution < -0.4 is 5.32 Å². The molecule has 1 atom stereocenters. The Hall–Kier alpha value is -2.38. The van der Waals surface area contributed by atoms with Gasteiger partial charge in [0.25, 0.3) is 5.91 Å². The van der Waals surface area contributed by atoms with Crippen molar-refractivity contribution in [2.75, 3.05) is 5.32 Å². The van der Waals surface area contributed by atoms with E-state index in [1.807, 2.05) is 38.1 Å². The number of anilines is 1. The van der Waals surface area contributed by atoms with Crippen LogP contribution in [-0.4, -0.2) is 27.8 Å². The molecule has 0 spiro atoms. The summed E-state index contributed by atoms with van der Waals surface area (Å²) in [5.41, 5.74) is 0. The predicted molar refractivity (Wildman–Crippen MR) is 103 cm³/mol. The average molecular weight is 392 g/mol. The van der Waals surface area contributed by atoms with Gasteiger partial charge in [-0.15, -0.1) is 11.3 Å². The summed E-state index contributed by atoms with van der Waals surface area (Å²) in [6.07, 6.45) is 0.628. The molecule has 2 aromatic heterocycles. The van der Waals surface area contributed by atoms with Gasteiger partial charge in [0, 0.05) is 22.2 Å². The molecule has 1 unspecified atom stereocenters. The van der Waals surface area contributed by atoms with Crippen molar-refractivity contribution in [1.29, 1.82) is 0 Å². The SMILES string of the molecule is CC(OC(=O)c1sc2ccccc2c1Cl)C(=O)Nc1ccnn1C(C)C. The fourth-order valence-electron chi connectivity index (χ4n) is 2.47. The zero-order valence-electron chi connectivity index (χ0n) is 14.5. The molecule has 1 N–H and O–H groups in total. The van der Waals surface area contributed by atoms with Gasteiger partial charge in [0.1, 0.15) is 10.7 Å². The van der Waals surface area contributed by atoms with Crippen molar-refractivity contribution in [1.82, 2.24) is 9.78 Å². The molecule has 1 aromatic carbocycles. The highest BCUT2D eigenvalue weighted by Crippen LogP contribution is 2.35. The third-order valence-electron chi connectivity index (χ3n) is 3.78. The Morgan fingerprint density at radius 2 is 1.96 bits per heavy atom. The van der Waals surface area contributed by atoms with Crippen molar-refractivity contribution in [3.05, 3.63) is 46.4 Å². The predicted octanol–water partition coefficient (Wildman–Crippen LogP) is 4.52. The number of thiophene rings is 1. The minimum absolute atomic E-state index is 0.0931. The Kier molecular flexibility index (Phi) is 5.29. The molecule has 0 aliphatic heterocycles. The van der Waals surface area contributed by atoms with E-state index >= 15 is 0 Å². The summed E-state index contributed by atoms with van der Waals surface area (Å²) in [5.74, 6) is -0.498. The lowest BCUT2D eigenvalue weighted by Crippen LogP contribution is -2.30. The Labute approximate surface area is 159 Å². The molecular formula is C18H18ClN3O3S. The second-order valence-corrected chi connectivity index (χ2v) is 7.46. The maximum atomic E-state index is 12.4. The third kappa shape index (κ3) is 3.59. The molecule has 136 valence electrons. The minimum Gasteiger partial charge on any atom is -0.448 e. The Balaban J connectivity index is 1.71. The maximum Gasteiger partial charge on any atom is 0.350 e. The highest BCUT2D eigenvalue weighted by Gasteiger charge is 2.24. The number of rotatable bonds is 5. The molecule has 0 bridgehead atoms. The van der Waals surface area contributed by atoms with Crippen LogP contribution in [0, 0.1) is 0 Å². The molecule has 2 heterocycles. The van der Waals surface area contributed by atoms with Crippen LogP contribution in [0.15, 0.2) is 36.5 Å². The van der Waals surface area contributed by atoms with Crippen molar-refractivity contribution in [2.24, 2.45) is 0 Å². The Morgan fingerprint density at radius 3 is 2.65 bits per heavy atom. The van der Waals surface area contributed by atoms with Gasteiger partial charge in [-0.1, -0.05) is 29.8 Å². The number of halogens is 1. The molecule has 0 fully saturated rings. The first-order valence-electron chi connectivity index (χ1n) is 8.11. The number of fused-ring (bicyclic) bond motifs is 1. The number of hydrogen-bond acceptors (Lipinski definition) is 5. The number of amides is 1. The van der Waals surface area contributed by atoms with Crippen LogP contribution in [0.4, 0.5) is 5.82 Å². The number of aromatic nitrogens is 2. The van der Waals surface area contributed by atoms with E-state index in [2.05, 4.69) is 10.4 Å². The Morgan fingerprint density at radius 1 is 1.23 bits per heavy atom. The number of hydrogen-bond donors (Lipinski definition) is 1. The summed E-state index contributed by atoms with van der Waals surface area (Å²) in [5, 5.41) is 8.02. The van der Waals surface area contributed by atoms with Gasteiger partial charge in [0.05, 0.1) is 11.2 Å². The number of esters is 1. The summed E-state index contributed by atoms with van der Waals surface area (Å²) < 4.78 is 7.87. The fraction of sp³-hybridized carbons (Fsp3) is 0.278. The zero-order valence-corrected chi connectivity index (χ0v) is 16.1. The molecular weight excluding hydrogens is 374 g/mol. The van der Waals surface area contributed by atoms with Gasteiger partial charge in [-0.2, -0.15) is 5.10 Å². The van der Waals surface area contributed by atoms with Gasteiger partial charge >= 0.3 is 5.97 Å². The van der Waals surface area contributed by atoms with Gasteiger partial charge in [-0.05, 0) is 26.8 Å². The summed E-state index contributed by atoms with van der Waals surface area (Å²) in [4.78, 5) is 25.1. The Bertz CT molecular complexity index is 964. The number of ether oxygens (including phenoxy) is 1. The highest BCUT2D eigenvalue weighted by molar-refractivity contribution is 7.21. The maximum absolute atomic E-state index is 12.4. The first-order chi connectivity index (χ1) is 12.4. The lowest BCUT2D eigenvalue weighted by molar-refractivity contribution is -0.123. The topological polar surface area (TPSA) is 73.2 Å². The van der Waals surface area contributed by atoms with Gasteiger partial charge < -0.3 is 10.1 Å². The number of nitrogens with zero attached hydrogens (tertiary/aromatic N) is 2. The average Bonchev–Trinajstić information content (AvgIpc) is 3.20. The molecule has 0 radical (unpaired) electrons. The number of carbonyl (C=O) groups excluding carboxylic acids is 2. The van der Waals surface area contributed by atoms with E-state index in [1.54, 1.807) is 16.9 Å². The second-order valence-electron chi connectivity index (χ2n) is 6.03. The molecule has 0 saturated heterocycles. The molecule has 1 amide bonds. The highest BCUT2D eigenvalue weighted by atomic mass is 35.5. The van der Waals surface area contributed by atoms with E-state index in [0.717, 1.165) is 10.1 Å². The van der Waals surface area contributed by atoms with Gasteiger partial charge in [0.2, 0.25) is 0 Å². The quantitative estimate of drug-likeness (QED) is 0.649. The van der Waals surface area contributed by atoms with Gasteiger partial charge in [-0.3, -0.25) is 4.79 Å². The van der Waals surface area contributed by atoms with Gasteiger partial charge in [0.15, 0.2) is 6.10 Å². The normalized spacial score (nSPS) is 12.3. The largest absolute Gasteiger partial charge is 0.448 e. The van der Waals surface area contributed by atoms with E-state index in [1.165, 1.54) is 18.3 Å². The van der Waals surface area contributed by atoms with Crippen molar-refractivity contribution >= 4 is 50.7 Å². The van der Waals surface area contributed by atoms with E-state index in [9.17, 15) is 9.59 Å². The molecule has 6 nitrogen and oxygen atoms in total. The molecule has 3 aromatic rings. The molecule has 0 aliphatic rings. The summed E-state index contributed by atoms with van der Waals surface area (Å²) in [6.45, 7) is 5.43. The number of carbonyl (C=O) groups is 2. The first kappa shape index (κ1) is 18.4. The van der Waals surface area contributed by atoms with E-state index in [0.29, 0.717) is 15.7 Å². The molecule has 0 aliphatic carbocycles. The second kappa shape index (κ2) is 7.47. The summed E-state index contributed by atoms with van der Waals surface area (Å²) in [7, 11) is 0. The number of benzene rings is 1. The lowest BCUT2D eigenvalue weighted by Gasteiger charge is -2.15. The molecule has 26 heavy (non-hydrogen) atoms. The molecule has 0 saturated carbocycles. The third-order valence-corrected chi connectivity index (χ3v) is 5.44. The molecule has 3 rings (SSSR count). The van der Waals surface area contributed by atoms with E-state index in [-0.39, 0.29) is 6.04 Å². The smallest absolute Gasteiger partial charge is 0.350 e. The summed E-state index contributed by atoms with van der Waals surface area (Å²) >= 11 is 7.53. The van der Waals surface area contributed by atoms with Crippen molar-refractivity contribution in [2.45, 2.75) is 32.9 Å². The monoisotopic (exact) mass is 391 g/mol. The zero-order chi connectivity index (χ0) is 18.8. The lowest BCUT2D eigenvalue weighted by atomic mass is 10.2. The minimum atomic E-state index is -0.973. The van der Waals surface area contributed by atoms with Gasteiger partial charge in [-0.25, -0.2) is 9.48 Å². The van der Waals surface area contributed by atoms with Crippen LogP contribution in [0.25, 0.3) is 10.1 Å². The summed E-state index contributed by atoms with van der Waals surface area (Å²) in [6, 6.07) is 9.23. The van der Waals surface area contributed by atoms with Crippen LogP contribution in [0.3, 0.4) is 0 Å². The fourth-order valence-corrected chi connectivity index (χ4v) is 3.86. The first-order valence-corrected chi connectivity index (χ1v) is 9.30. The standard InChI is InChI=1S/C18H18ClN3O3S/c1-10(2)22-14(8-9-20-22)21-17(23)11(3)25-18(24)16-15(19)12-6-4-5-7-13(12)26-16/h4-11H,1-3H3,(H,21,23). The van der Waals surface area contributed by atoms with E-state index in [4.69, 9.17) is 16.3 Å². The van der Waals surface area contributed by atoms with Crippen LogP contribution >= 0.6 is 22.9 Å². The van der Waals surface area contributed by atoms with Crippen molar-refractivity contribution in [3.63, 3.8) is 0 Å². The van der Waals surface area contributed by atoms with Crippen molar-refractivity contribution in [3.8, 4) is 0 Å². The van der Waals surface area contributed by atoms with Crippen LogP contribution in [0.2, 0.25) is 5.02 Å². The van der Waals surface area contributed by atoms with E-state index < -0.39 is 18.0 Å². The number of nitrogens with one attached hydrogen (secondary N) is 1.